The Kier molecular flexibility index (Phi) is 5.98. The molecule has 2 rings (SSSR count). The minimum absolute atomic E-state index is 0.157. The molecule has 0 radical (unpaired) electrons. The van der Waals surface area contributed by atoms with Crippen LogP contribution in [0.15, 0.2) is 0 Å². The van der Waals surface area contributed by atoms with Gasteiger partial charge in [0.25, 0.3) is 0 Å². The van der Waals surface area contributed by atoms with E-state index in [0.29, 0.717) is 12.5 Å². The molecule has 1 atom stereocenters. The average Bonchev–Trinajstić information content (AvgIpc) is 2.87. The van der Waals surface area contributed by atoms with E-state index in [1.165, 1.54) is 12.8 Å². The minimum atomic E-state index is 0.157. The Morgan fingerprint density at radius 3 is 2.84 bits per heavy atom. The van der Waals surface area contributed by atoms with Crippen LogP contribution in [-0.2, 0) is 4.79 Å². The topological polar surface area (TPSA) is 61.4 Å². The molecule has 4 nitrogen and oxygen atoms in total. The first-order chi connectivity index (χ1) is 9.24. The summed E-state index contributed by atoms with van der Waals surface area (Å²) in [4.78, 5) is 12.0. The lowest BCUT2D eigenvalue weighted by atomic mass is 9.83. The summed E-state index contributed by atoms with van der Waals surface area (Å²) in [6.45, 7) is 1.99. The van der Waals surface area contributed by atoms with E-state index in [1.807, 2.05) is 11.8 Å². The molecule has 110 valence electrons. The normalized spacial score (nSPS) is 26.3. The standard InChI is InChI=1S/C14H26N2O2S/c17-7-5-14(3-1-2-4-14)11-16-13(18)9-12-10-19-8-6-15-12/h12,15,17H,1-11H2,(H,16,18). The minimum Gasteiger partial charge on any atom is -0.396 e. The molecule has 3 N–H and O–H groups in total. The number of hydrogen-bond donors (Lipinski definition) is 3. The van der Waals surface area contributed by atoms with Crippen molar-refractivity contribution < 1.29 is 9.90 Å². The summed E-state index contributed by atoms with van der Waals surface area (Å²) in [5.74, 6) is 2.34. The number of aliphatic hydroxyl groups excluding tert-OH is 1. The van der Waals surface area contributed by atoms with Crippen LogP contribution < -0.4 is 10.6 Å². The smallest absolute Gasteiger partial charge is 0.221 e. The first-order valence-corrected chi connectivity index (χ1v) is 8.58. The molecule has 5 heteroatoms. The van der Waals surface area contributed by atoms with Crippen LogP contribution in [-0.4, -0.2) is 48.3 Å². The van der Waals surface area contributed by atoms with E-state index in [9.17, 15) is 9.90 Å². The molecule has 2 aliphatic rings. The van der Waals surface area contributed by atoms with Gasteiger partial charge in [-0.15, -0.1) is 0 Å². The molecule has 1 aliphatic heterocycles. The maximum atomic E-state index is 12.0. The molecule has 0 spiro atoms. The zero-order valence-corrected chi connectivity index (χ0v) is 12.4. The van der Waals surface area contributed by atoms with Gasteiger partial charge >= 0.3 is 0 Å². The molecule has 2 fully saturated rings. The van der Waals surface area contributed by atoms with Crippen LogP contribution in [0.3, 0.4) is 0 Å². The molecule has 0 aromatic carbocycles. The second kappa shape index (κ2) is 7.50. The number of hydrogen-bond acceptors (Lipinski definition) is 4. The fourth-order valence-corrected chi connectivity index (χ4v) is 4.16. The Hall–Kier alpha value is -0.260. The maximum absolute atomic E-state index is 12.0. The Morgan fingerprint density at radius 2 is 2.21 bits per heavy atom. The second-order valence-corrected chi connectivity index (χ2v) is 7.04. The van der Waals surface area contributed by atoms with E-state index in [0.717, 1.165) is 43.9 Å². The highest BCUT2D eigenvalue weighted by molar-refractivity contribution is 7.99. The first kappa shape index (κ1) is 15.1. The maximum Gasteiger partial charge on any atom is 0.221 e. The lowest BCUT2D eigenvalue weighted by Gasteiger charge is -2.29. The van der Waals surface area contributed by atoms with Gasteiger partial charge in [0.05, 0.1) is 0 Å². The third kappa shape index (κ3) is 4.65. The van der Waals surface area contributed by atoms with Gasteiger partial charge in [0.2, 0.25) is 5.91 Å². The van der Waals surface area contributed by atoms with Crippen LogP contribution in [0.4, 0.5) is 0 Å². The van der Waals surface area contributed by atoms with Gasteiger partial charge in [0, 0.05) is 43.7 Å². The van der Waals surface area contributed by atoms with Crippen LogP contribution in [0.25, 0.3) is 0 Å². The molecule has 1 heterocycles. The number of rotatable bonds is 6. The first-order valence-electron chi connectivity index (χ1n) is 7.43. The zero-order valence-electron chi connectivity index (χ0n) is 11.6. The van der Waals surface area contributed by atoms with Crippen LogP contribution >= 0.6 is 11.8 Å². The largest absolute Gasteiger partial charge is 0.396 e. The van der Waals surface area contributed by atoms with Crippen molar-refractivity contribution in [1.82, 2.24) is 10.6 Å². The summed E-state index contributed by atoms with van der Waals surface area (Å²) in [5, 5.41) is 15.7. The summed E-state index contributed by atoms with van der Waals surface area (Å²) < 4.78 is 0. The molecular formula is C14H26N2O2S. The molecule has 1 aliphatic carbocycles. The van der Waals surface area contributed by atoms with E-state index >= 15 is 0 Å². The van der Waals surface area contributed by atoms with Gasteiger partial charge in [-0.2, -0.15) is 11.8 Å². The highest BCUT2D eigenvalue weighted by Gasteiger charge is 2.33. The van der Waals surface area contributed by atoms with Crippen molar-refractivity contribution in [3.05, 3.63) is 0 Å². The molecule has 1 amide bonds. The van der Waals surface area contributed by atoms with Gasteiger partial charge in [0.1, 0.15) is 0 Å². The molecular weight excluding hydrogens is 260 g/mol. The van der Waals surface area contributed by atoms with Gasteiger partial charge in [-0.25, -0.2) is 0 Å². The molecule has 1 saturated carbocycles. The predicted molar refractivity (Wildman–Crippen MR) is 79.3 cm³/mol. The van der Waals surface area contributed by atoms with E-state index in [-0.39, 0.29) is 17.9 Å². The van der Waals surface area contributed by atoms with Gasteiger partial charge in [-0.1, -0.05) is 12.8 Å². The second-order valence-electron chi connectivity index (χ2n) is 5.89. The van der Waals surface area contributed by atoms with E-state index in [2.05, 4.69) is 10.6 Å². The summed E-state index contributed by atoms with van der Waals surface area (Å²) in [6, 6.07) is 0.330. The van der Waals surface area contributed by atoms with Crippen molar-refractivity contribution in [2.45, 2.75) is 44.6 Å². The highest BCUT2D eigenvalue weighted by Crippen LogP contribution is 2.40. The van der Waals surface area contributed by atoms with E-state index in [4.69, 9.17) is 0 Å². The number of aliphatic hydroxyl groups is 1. The highest BCUT2D eigenvalue weighted by atomic mass is 32.2. The lowest BCUT2D eigenvalue weighted by molar-refractivity contribution is -0.122. The SMILES string of the molecule is O=C(CC1CSCCN1)NCC1(CCO)CCCC1. The number of thioether (sulfide) groups is 1. The fourth-order valence-electron chi connectivity index (χ4n) is 3.21. The van der Waals surface area contributed by atoms with Crippen LogP contribution in [0.1, 0.15) is 38.5 Å². The van der Waals surface area contributed by atoms with Gasteiger partial charge < -0.3 is 15.7 Å². The zero-order chi connectivity index (χ0) is 13.6. The average molecular weight is 286 g/mol. The summed E-state index contributed by atoms with van der Waals surface area (Å²) >= 11 is 1.92. The molecule has 0 aromatic heterocycles. The van der Waals surface area contributed by atoms with Crippen LogP contribution in [0.5, 0.6) is 0 Å². The number of carbonyl (C=O) groups excluding carboxylic acids is 1. The van der Waals surface area contributed by atoms with Crippen LogP contribution in [0.2, 0.25) is 0 Å². The molecule has 19 heavy (non-hydrogen) atoms. The Balaban J connectivity index is 1.72. The Labute approximate surface area is 120 Å². The molecule has 1 saturated heterocycles. The van der Waals surface area contributed by atoms with E-state index in [1.54, 1.807) is 0 Å². The molecule has 0 bridgehead atoms. The Morgan fingerprint density at radius 1 is 1.42 bits per heavy atom. The number of carbonyl (C=O) groups is 1. The van der Waals surface area contributed by atoms with E-state index < -0.39 is 0 Å². The van der Waals surface area contributed by atoms with Crippen molar-refractivity contribution in [3.8, 4) is 0 Å². The predicted octanol–water partition coefficient (Wildman–Crippen LogP) is 1.14. The quantitative estimate of drug-likeness (QED) is 0.685. The number of amides is 1. The van der Waals surface area contributed by atoms with Crippen molar-refractivity contribution in [1.29, 1.82) is 0 Å². The lowest BCUT2D eigenvalue weighted by Crippen LogP contribution is -2.43. The molecule has 1 unspecified atom stereocenters. The third-order valence-electron chi connectivity index (χ3n) is 4.40. The fraction of sp³-hybridized carbons (Fsp3) is 0.929. The van der Waals surface area contributed by atoms with Crippen molar-refractivity contribution in [3.63, 3.8) is 0 Å². The van der Waals surface area contributed by atoms with Gasteiger partial charge in [-0.3, -0.25) is 4.79 Å². The monoisotopic (exact) mass is 286 g/mol. The van der Waals surface area contributed by atoms with Gasteiger partial charge in [-0.05, 0) is 24.7 Å². The summed E-state index contributed by atoms with van der Waals surface area (Å²) in [5.41, 5.74) is 0.166. The summed E-state index contributed by atoms with van der Waals surface area (Å²) in [6.07, 6.45) is 6.16. The number of nitrogens with one attached hydrogen (secondary N) is 2. The van der Waals surface area contributed by atoms with Crippen molar-refractivity contribution in [2.75, 3.05) is 31.2 Å². The van der Waals surface area contributed by atoms with Crippen LogP contribution in [0, 0.1) is 5.41 Å². The molecule has 0 aromatic rings. The summed E-state index contributed by atoms with van der Waals surface area (Å²) in [7, 11) is 0. The van der Waals surface area contributed by atoms with Crippen molar-refractivity contribution >= 4 is 17.7 Å². The van der Waals surface area contributed by atoms with Crippen molar-refractivity contribution in [2.24, 2.45) is 5.41 Å². The Bertz CT molecular complexity index is 287. The van der Waals surface area contributed by atoms with Gasteiger partial charge in [0.15, 0.2) is 0 Å². The third-order valence-corrected chi connectivity index (χ3v) is 5.53.